The predicted molar refractivity (Wildman–Crippen MR) is 53.5 cm³/mol. The van der Waals surface area contributed by atoms with Crippen LogP contribution in [-0.4, -0.2) is 5.11 Å². The average Bonchev–Trinajstić information content (AvgIpc) is 2.18. The molecule has 0 aliphatic rings. The van der Waals surface area contributed by atoms with Crippen LogP contribution in [-0.2, 0) is 0 Å². The molecule has 68 valence electrons. The molecule has 2 aromatic carbocycles. The number of halogens is 1. The smallest absolute Gasteiger partial charge is 0.139 e. The maximum absolute atomic E-state index is 13.3. The molecule has 0 spiro atoms. The minimum absolute atomic E-state index is 0.0254. The minimum Gasteiger partial charge on any atom is -0.508 e. The fraction of sp³-hybridized carbons (Fsp3) is 0. The van der Waals surface area contributed by atoms with E-state index in [1.165, 1.54) is 24.3 Å². The molecule has 0 saturated carbocycles. The van der Waals surface area contributed by atoms with E-state index in [1.807, 2.05) is 0 Å². The van der Waals surface area contributed by atoms with Crippen molar-refractivity contribution in [3.63, 3.8) is 0 Å². The molecule has 0 aromatic heterocycles. The molecule has 2 heteroatoms. The standard InChI is InChI=1S/C12H7FO/c1-2-10-11-5-4-9(14)7-8(11)3-6-12(10)13/h1,3-7,14H/i5D. The molecule has 2 aromatic rings. The van der Waals surface area contributed by atoms with Crippen LogP contribution < -0.4 is 0 Å². The summed E-state index contributed by atoms with van der Waals surface area (Å²) in [6.07, 6.45) is 5.19. The Hall–Kier alpha value is -2.01. The summed E-state index contributed by atoms with van der Waals surface area (Å²) in [5.74, 6) is 1.67. The summed E-state index contributed by atoms with van der Waals surface area (Å²) in [6.45, 7) is 0. The highest BCUT2D eigenvalue weighted by molar-refractivity contribution is 5.89. The number of rotatable bonds is 0. The quantitative estimate of drug-likeness (QED) is 0.628. The van der Waals surface area contributed by atoms with Gasteiger partial charge >= 0.3 is 0 Å². The summed E-state index contributed by atoms with van der Waals surface area (Å²) in [7, 11) is 0. The molecule has 1 N–H and O–H groups in total. The first-order valence-electron chi connectivity index (χ1n) is 4.52. The van der Waals surface area contributed by atoms with Crippen molar-refractivity contribution in [2.24, 2.45) is 0 Å². The lowest BCUT2D eigenvalue weighted by molar-refractivity contribution is 0.476. The van der Waals surface area contributed by atoms with Crippen LogP contribution in [0.15, 0.2) is 30.3 Å². The maximum atomic E-state index is 13.3. The monoisotopic (exact) mass is 187 g/mol. The highest BCUT2D eigenvalue weighted by atomic mass is 19.1. The van der Waals surface area contributed by atoms with Crippen molar-refractivity contribution in [1.82, 2.24) is 0 Å². The fourth-order valence-corrected chi connectivity index (χ4v) is 1.36. The van der Waals surface area contributed by atoms with Crippen LogP contribution in [0.4, 0.5) is 4.39 Å². The summed E-state index contributed by atoms with van der Waals surface area (Å²) in [5, 5.41) is 10.2. The number of phenols is 1. The zero-order chi connectivity index (χ0) is 11.0. The molecule has 0 fully saturated rings. The third-order valence-electron chi connectivity index (χ3n) is 2.00. The van der Waals surface area contributed by atoms with E-state index in [0.717, 1.165) is 0 Å². The fourth-order valence-electron chi connectivity index (χ4n) is 1.36. The van der Waals surface area contributed by atoms with Crippen molar-refractivity contribution in [1.29, 1.82) is 0 Å². The van der Waals surface area contributed by atoms with Crippen molar-refractivity contribution in [2.75, 3.05) is 0 Å². The number of benzene rings is 2. The van der Waals surface area contributed by atoms with Crippen molar-refractivity contribution in [2.45, 2.75) is 0 Å². The molecule has 0 atom stereocenters. The van der Waals surface area contributed by atoms with E-state index in [9.17, 15) is 9.50 Å². The number of hydrogen-bond donors (Lipinski definition) is 1. The summed E-state index contributed by atoms with van der Waals surface area (Å²) in [6, 6.07) is 5.44. The summed E-state index contributed by atoms with van der Waals surface area (Å²) in [4.78, 5) is 0. The summed E-state index contributed by atoms with van der Waals surface area (Å²) in [5.41, 5.74) is 0.0671. The van der Waals surface area contributed by atoms with Crippen LogP contribution in [0.5, 0.6) is 5.75 Å². The van der Waals surface area contributed by atoms with Crippen LogP contribution in [0.2, 0.25) is 0 Å². The van der Waals surface area contributed by atoms with Crippen LogP contribution in [0.1, 0.15) is 6.93 Å². The van der Waals surface area contributed by atoms with E-state index in [4.69, 9.17) is 7.79 Å². The molecule has 0 aliphatic carbocycles. The number of aromatic hydroxyl groups is 1. The Balaban J connectivity index is 3.00. The van der Waals surface area contributed by atoms with Crippen molar-refractivity contribution < 1.29 is 10.9 Å². The molecule has 0 saturated heterocycles. The molecule has 0 unspecified atom stereocenters. The third kappa shape index (κ3) is 1.20. The molecule has 0 radical (unpaired) electrons. The van der Waals surface area contributed by atoms with Gasteiger partial charge in [-0.25, -0.2) is 4.39 Å². The van der Waals surface area contributed by atoms with Crippen LogP contribution in [0, 0.1) is 18.2 Å². The number of fused-ring (bicyclic) bond motifs is 1. The minimum atomic E-state index is -0.524. The first-order chi connectivity index (χ1) is 7.13. The summed E-state index contributed by atoms with van der Waals surface area (Å²) >= 11 is 0. The maximum Gasteiger partial charge on any atom is 0.139 e. The molecular formula is C12H7FO. The Bertz CT molecular complexity index is 584. The molecule has 2 rings (SSSR count). The lowest BCUT2D eigenvalue weighted by atomic mass is 10.0. The number of terminal acetylenes is 1. The Kier molecular flexibility index (Phi) is 1.61. The number of phenolic OH excluding ortho intramolecular Hbond substituents is 1. The zero-order valence-electron chi connectivity index (χ0n) is 8.21. The van der Waals surface area contributed by atoms with E-state index in [0.29, 0.717) is 10.8 Å². The molecule has 0 bridgehead atoms. The second-order valence-electron chi connectivity index (χ2n) is 2.89. The first-order valence-corrected chi connectivity index (χ1v) is 4.02. The van der Waals surface area contributed by atoms with Crippen molar-refractivity contribution in [3.8, 4) is 18.1 Å². The molecule has 14 heavy (non-hydrogen) atoms. The van der Waals surface area contributed by atoms with Crippen LogP contribution in [0.25, 0.3) is 10.8 Å². The van der Waals surface area contributed by atoms with Crippen LogP contribution in [0.3, 0.4) is 0 Å². The lowest BCUT2D eigenvalue weighted by Crippen LogP contribution is -1.85. The second kappa shape index (κ2) is 3.04. The van der Waals surface area contributed by atoms with Gasteiger partial charge in [-0.15, -0.1) is 6.42 Å². The van der Waals surface area contributed by atoms with Gasteiger partial charge in [0, 0.05) is 5.39 Å². The van der Waals surface area contributed by atoms with Gasteiger partial charge in [-0.2, -0.15) is 0 Å². The first kappa shape index (κ1) is 7.40. The van der Waals surface area contributed by atoms with Crippen LogP contribution >= 0.6 is 0 Å². The molecule has 0 aliphatic heterocycles. The van der Waals surface area contributed by atoms with Gasteiger partial charge in [0.25, 0.3) is 0 Å². The lowest BCUT2D eigenvalue weighted by Gasteiger charge is -2.02. The Morgan fingerprint density at radius 3 is 2.93 bits per heavy atom. The predicted octanol–water partition coefficient (Wildman–Crippen LogP) is 2.67. The Morgan fingerprint density at radius 2 is 2.21 bits per heavy atom. The van der Waals surface area contributed by atoms with Gasteiger partial charge in [-0.3, -0.25) is 0 Å². The van der Waals surface area contributed by atoms with Crippen molar-refractivity contribution in [3.05, 3.63) is 41.7 Å². The van der Waals surface area contributed by atoms with Gasteiger partial charge in [0.05, 0.1) is 6.93 Å². The van der Waals surface area contributed by atoms with E-state index in [2.05, 4.69) is 5.92 Å². The highest BCUT2D eigenvalue weighted by Crippen LogP contribution is 2.24. The second-order valence-corrected chi connectivity index (χ2v) is 2.89. The van der Waals surface area contributed by atoms with Gasteiger partial charge < -0.3 is 5.11 Å². The largest absolute Gasteiger partial charge is 0.508 e. The van der Waals surface area contributed by atoms with E-state index >= 15 is 0 Å². The van der Waals surface area contributed by atoms with Gasteiger partial charge in [0.2, 0.25) is 0 Å². The van der Waals surface area contributed by atoms with Crippen molar-refractivity contribution >= 4 is 10.8 Å². The number of hydrogen-bond acceptors (Lipinski definition) is 1. The van der Waals surface area contributed by atoms with E-state index in [-0.39, 0.29) is 17.4 Å². The molecule has 1 nitrogen and oxygen atoms in total. The van der Waals surface area contributed by atoms with Gasteiger partial charge in [-0.1, -0.05) is 12.0 Å². The molecular weight excluding hydrogens is 179 g/mol. The zero-order valence-corrected chi connectivity index (χ0v) is 7.21. The third-order valence-corrected chi connectivity index (χ3v) is 2.00. The normalized spacial score (nSPS) is 11.0. The van der Waals surface area contributed by atoms with Gasteiger partial charge in [0.1, 0.15) is 11.6 Å². The van der Waals surface area contributed by atoms with Gasteiger partial charge in [0.15, 0.2) is 0 Å². The molecule has 0 amide bonds. The highest BCUT2D eigenvalue weighted by Gasteiger charge is 2.04. The van der Waals surface area contributed by atoms with Gasteiger partial charge in [-0.05, 0) is 29.6 Å². The average molecular weight is 187 g/mol. The van der Waals surface area contributed by atoms with E-state index < -0.39 is 5.82 Å². The SMILES string of the molecule is [2H]c1cc(O)cc2ccc(F)c(C#C)c12. The Labute approximate surface area is 82.2 Å². The van der Waals surface area contributed by atoms with E-state index in [1.54, 1.807) is 0 Å². The molecule has 0 heterocycles. The topological polar surface area (TPSA) is 20.2 Å². The Morgan fingerprint density at radius 1 is 1.43 bits per heavy atom. The summed E-state index contributed by atoms with van der Waals surface area (Å²) < 4.78 is 20.9.